The molecule has 0 aliphatic rings. The molecule has 0 spiro atoms. The summed E-state index contributed by atoms with van der Waals surface area (Å²) in [7, 11) is 0.0555. The normalized spacial score (nSPS) is 14.0. The van der Waals surface area contributed by atoms with E-state index in [4.69, 9.17) is 0 Å². The van der Waals surface area contributed by atoms with Crippen molar-refractivity contribution in [3.8, 4) is 0 Å². The number of thiophene rings is 1. The van der Waals surface area contributed by atoms with Gasteiger partial charge in [-0.2, -0.15) is 13.2 Å². The number of alkyl halides is 3. The van der Waals surface area contributed by atoms with E-state index in [-0.39, 0.29) is 18.3 Å². The van der Waals surface area contributed by atoms with Crippen LogP contribution >= 0.6 is 11.3 Å². The second-order valence-corrected chi connectivity index (χ2v) is 8.58. The SMILES string of the molecule is CN(C)[C@H](CNS(=O)(=O)Cc1ccc(C(F)(F)F)cc1)c1cccs1. The minimum Gasteiger partial charge on any atom is -0.300 e. The number of hydrogen-bond acceptors (Lipinski definition) is 4. The molecule has 2 rings (SSSR count). The molecule has 1 aromatic heterocycles. The first kappa shape index (κ1) is 19.9. The number of halogens is 3. The molecule has 1 aromatic carbocycles. The van der Waals surface area contributed by atoms with Gasteiger partial charge in [-0.05, 0) is 43.2 Å². The molecule has 1 atom stereocenters. The van der Waals surface area contributed by atoms with Gasteiger partial charge in [0.15, 0.2) is 0 Å². The van der Waals surface area contributed by atoms with Crippen LogP contribution in [-0.2, 0) is 22.0 Å². The van der Waals surface area contributed by atoms with Gasteiger partial charge in [-0.25, -0.2) is 13.1 Å². The highest BCUT2D eigenvalue weighted by Gasteiger charge is 2.30. The highest BCUT2D eigenvalue weighted by atomic mass is 32.2. The Morgan fingerprint density at radius 3 is 2.28 bits per heavy atom. The van der Waals surface area contributed by atoms with Crippen LogP contribution in [0.15, 0.2) is 41.8 Å². The number of hydrogen-bond donors (Lipinski definition) is 1. The Morgan fingerprint density at radius 2 is 1.80 bits per heavy atom. The summed E-state index contributed by atoms with van der Waals surface area (Å²) in [5, 5.41) is 1.92. The van der Waals surface area contributed by atoms with Gasteiger partial charge < -0.3 is 4.90 Å². The fraction of sp³-hybridized carbons (Fsp3) is 0.375. The number of nitrogens with one attached hydrogen (secondary N) is 1. The molecular weight excluding hydrogens is 373 g/mol. The highest BCUT2D eigenvalue weighted by Crippen LogP contribution is 2.29. The molecule has 0 radical (unpaired) electrons. The topological polar surface area (TPSA) is 49.4 Å². The predicted octanol–water partition coefficient (Wildman–Crippen LogP) is 3.49. The van der Waals surface area contributed by atoms with Crippen LogP contribution in [0.5, 0.6) is 0 Å². The van der Waals surface area contributed by atoms with Gasteiger partial charge >= 0.3 is 6.18 Å². The van der Waals surface area contributed by atoms with Gasteiger partial charge in [0.05, 0.1) is 17.4 Å². The Bertz CT molecular complexity index is 771. The summed E-state index contributed by atoms with van der Waals surface area (Å²) in [6.07, 6.45) is -4.44. The summed E-state index contributed by atoms with van der Waals surface area (Å²) in [6.45, 7) is 0.191. The van der Waals surface area contributed by atoms with E-state index in [2.05, 4.69) is 4.72 Å². The molecule has 0 saturated heterocycles. The standard InChI is InChI=1S/C16H19F3N2O2S2/c1-21(2)14(15-4-3-9-24-15)10-20-25(22,23)11-12-5-7-13(8-6-12)16(17,18)19/h3-9,14,20H,10-11H2,1-2H3/t14-/m1/s1. The molecule has 1 heterocycles. The molecular formula is C16H19F3N2O2S2. The lowest BCUT2D eigenvalue weighted by atomic mass is 10.1. The summed E-state index contributed by atoms with van der Waals surface area (Å²) in [4.78, 5) is 2.94. The Labute approximate surface area is 149 Å². The lowest BCUT2D eigenvalue weighted by Gasteiger charge is -2.23. The van der Waals surface area contributed by atoms with Crippen molar-refractivity contribution in [3.63, 3.8) is 0 Å². The van der Waals surface area contributed by atoms with Crippen LogP contribution in [0.3, 0.4) is 0 Å². The van der Waals surface area contributed by atoms with Crippen LogP contribution < -0.4 is 4.72 Å². The van der Waals surface area contributed by atoms with Crippen LogP contribution in [0.1, 0.15) is 22.0 Å². The van der Waals surface area contributed by atoms with Crippen molar-refractivity contribution in [2.24, 2.45) is 0 Å². The lowest BCUT2D eigenvalue weighted by molar-refractivity contribution is -0.137. The Balaban J connectivity index is 2.02. The van der Waals surface area contributed by atoms with E-state index in [0.29, 0.717) is 5.56 Å². The molecule has 0 unspecified atom stereocenters. The van der Waals surface area contributed by atoms with E-state index in [9.17, 15) is 21.6 Å². The second-order valence-electron chi connectivity index (χ2n) is 5.80. The van der Waals surface area contributed by atoms with Gasteiger partial charge in [0.1, 0.15) is 0 Å². The number of sulfonamides is 1. The minimum atomic E-state index is -4.44. The van der Waals surface area contributed by atoms with Gasteiger partial charge in [0.2, 0.25) is 10.0 Å². The smallest absolute Gasteiger partial charge is 0.300 e. The molecule has 0 saturated carbocycles. The molecule has 9 heteroatoms. The fourth-order valence-electron chi connectivity index (χ4n) is 2.28. The zero-order chi connectivity index (χ0) is 18.7. The average Bonchev–Trinajstić information content (AvgIpc) is 3.00. The average molecular weight is 392 g/mol. The third kappa shape index (κ3) is 5.81. The Morgan fingerprint density at radius 1 is 1.16 bits per heavy atom. The first-order valence-corrected chi connectivity index (χ1v) is 9.95. The Hall–Kier alpha value is -1.42. The summed E-state index contributed by atoms with van der Waals surface area (Å²) in [6, 6.07) is 7.86. The fourth-order valence-corrected chi connectivity index (χ4v) is 4.35. The van der Waals surface area contributed by atoms with Crippen LogP contribution in [0.25, 0.3) is 0 Å². The van der Waals surface area contributed by atoms with Gasteiger partial charge in [-0.1, -0.05) is 18.2 Å². The maximum atomic E-state index is 12.5. The molecule has 0 bridgehead atoms. The van der Waals surface area contributed by atoms with Gasteiger partial charge in [0, 0.05) is 11.4 Å². The Kier molecular flexibility index (Phi) is 6.26. The molecule has 0 aliphatic heterocycles. The molecule has 25 heavy (non-hydrogen) atoms. The van der Waals surface area contributed by atoms with E-state index in [0.717, 1.165) is 17.0 Å². The van der Waals surface area contributed by atoms with Crippen molar-refractivity contribution in [2.45, 2.75) is 18.0 Å². The zero-order valence-corrected chi connectivity index (χ0v) is 15.4. The molecule has 0 fully saturated rings. The third-order valence-electron chi connectivity index (χ3n) is 3.63. The van der Waals surface area contributed by atoms with Gasteiger partial charge in [-0.15, -0.1) is 11.3 Å². The van der Waals surface area contributed by atoms with Crippen LogP contribution in [0, 0.1) is 0 Å². The number of likely N-dealkylation sites (N-methyl/N-ethyl adjacent to an activating group) is 1. The first-order valence-electron chi connectivity index (χ1n) is 7.42. The van der Waals surface area contributed by atoms with Crippen molar-refractivity contribution in [1.82, 2.24) is 9.62 Å². The van der Waals surface area contributed by atoms with E-state index < -0.39 is 21.8 Å². The third-order valence-corrected chi connectivity index (χ3v) is 5.92. The van der Waals surface area contributed by atoms with Gasteiger partial charge in [0.25, 0.3) is 0 Å². The maximum absolute atomic E-state index is 12.5. The molecule has 0 aliphatic carbocycles. The van der Waals surface area contributed by atoms with E-state index in [1.807, 2.05) is 36.5 Å². The highest BCUT2D eigenvalue weighted by molar-refractivity contribution is 7.88. The summed E-state index contributed by atoms with van der Waals surface area (Å²) >= 11 is 1.53. The van der Waals surface area contributed by atoms with Crippen LogP contribution in [-0.4, -0.2) is 34.0 Å². The molecule has 0 amide bonds. The zero-order valence-electron chi connectivity index (χ0n) is 13.7. The number of benzene rings is 1. The van der Waals surface area contributed by atoms with Crippen molar-refractivity contribution < 1.29 is 21.6 Å². The molecule has 1 N–H and O–H groups in total. The van der Waals surface area contributed by atoms with Crippen molar-refractivity contribution in [3.05, 3.63) is 57.8 Å². The van der Waals surface area contributed by atoms with E-state index >= 15 is 0 Å². The van der Waals surface area contributed by atoms with E-state index in [1.54, 1.807) is 0 Å². The molecule has 4 nitrogen and oxygen atoms in total. The number of rotatable bonds is 7. The van der Waals surface area contributed by atoms with Crippen molar-refractivity contribution in [1.29, 1.82) is 0 Å². The van der Waals surface area contributed by atoms with Crippen molar-refractivity contribution in [2.75, 3.05) is 20.6 Å². The minimum absolute atomic E-state index is 0.109. The van der Waals surface area contributed by atoms with E-state index in [1.165, 1.54) is 23.5 Å². The monoisotopic (exact) mass is 392 g/mol. The molecule has 138 valence electrons. The largest absolute Gasteiger partial charge is 0.416 e. The van der Waals surface area contributed by atoms with Crippen molar-refractivity contribution >= 4 is 21.4 Å². The first-order chi connectivity index (χ1) is 11.6. The summed E-state index contributed by atoms with van der Waals surface area (Å²) in [5.41, 5.74) is -0.495. The van der Waals surface area contributed by atoms with Crippen LogP contribution in [0.2, 0.25) is 0 Å². The maximum Gasteiger partial charge on any atom is 0.416 e. The second kappa shape index (κ2) is 7.86. The van der Waals surface area contributed by atoms with Gasteiger partial charge in [-0.3, -0.25) is 0 Å². The lowest BCUT2D eigenvalue weighted by Crippen LogP contribution is -2.34. The number of nitrogens with zero attached hydrogens (tertiary/aromatic N) is 1. The summed E-state index contributed by atoms with van der Waals surface area (Å²) < 4.78 is 64.6. The quantitative estimate of drug-likeness (QED) is 0.785. The molecule has 2 aromatic rings. The predicted molar refractivity (Wildman–Crippen MR) is 92.8 cm³/mol. The summed E-state index contributed by atoms with van der Waals surface area (Å²) in [5.74, 6) is -0.365. The van der Waals surface area contributed by atoms with Crippen LogP contribution in [0.4, 0.5) is 13.2 Å².